The Hall–Kier alpha value is -0.0400. The highest BCUT2D eigenvalue weighted by molar-refractivity contribution is 4.89. The van der Waals surface area contributed by atoms with E-state index in [1.165, 1.54) is 51.4 Å². The van der Waals surface area contributed by atoms with Crippen molar-refractivity contribution in [3.05, 3.63) is 0 Å². The first kappa shape index (κ1) is 14.4. The van der Waals surface area contributed by atoms with Crippen LogP contribution in [-0.4, -0.2) is 12.1 Å². The molecular formula is C17H33N. The number of hydrogen-bond donors (Lipinski definition) is 1. The van der Waals surface area contributed by atoms with E-state index in [2.05, 4.69) is 33.0 Å². The first-order valence-electron chi connectivity index (χ1n) is 8.21. The average molecular weight is 251 g/mol. The Kier molecular flexibility index (Phi) is 4.75. The van der Waals surface area contributed by atoms with Crippen LogP contribution in [0.3, 0.4) is 0 Å². The topological polar surface area (TPSA) is 12.0 Å². The second-order valence-corrected chi connectivity index (χ2v) is 8.13. The van der Waals surface area contributed by atoms with Gasteiger partial charge in [0.1, 0.15) is 0 Å². The van der Waals surface area contributed by atoms with Gasteiger partial charge in [0.25, 0.3) is 0 Å². The minimum absolute atomic E-state index is 0.587. The summed E-state index contributed by atoms with van der Waals surface area (Å²) < 4.78 is 0. The predicted molar refractivity (Wildman–Crippen MR) is 79.8 cm³/mol. The molecule has 2 rings (SSSR count). The van der Waals surface area contributed by atoms with Crippen LogP contribution >= 0.6 is 0 Å². The van der Waals surface area contributed by atoms with Gasteiger partial charge in [-0.3, -0.25) is 0 Å². The molecule has 2 aliphatic rings. The van der Waals surface area contributed by atoms with E-state index in [4.69, 9.17) is 0 Å². The Balaban J connectivity index is 1.76. The smallest absolute Gasteiger partial charge is 0.00749 e. The van der Waals surface area contributed by atoms with Crippen molar-refractivity contribution in [1.82, 2.24) is 5.32 Å². The SMILES string of the molecule is CC(C)CC1CCCC(NC2CCC(C)(C)C2)C1. The van der Waals surface area contributed by atoms with Crippen LogP contribution in [0.15, 0.2) is 0 Å². The minimum Gasteiger partial charge on any atom is -0.311 e. The van der Waals surface area contributed by atoms with Gasteiger partial charge in [0.05, 0.1) is 0 Å². The van der Waals surface area contributed by atoms with E-state index in [9.17, 15) is 0 Å². The molecule has 1 heteroatoms. The second kappa shape index (κ2) is 5.94. The van der Waals surface area contributed by atoms with Gasteiger partial charge in [-0.2, -0.15) is 0 Å². The van der Waals surface area contributed by atoms with Gasteiger partial charge in [-0.1, -0.05) is 40.5 Å². The molecule has 2 fully saturated rings. The molecule has 3 unspecified atom stereocenters. The molecule has 0 radical (unpaired) electrons. The molecule has 3 atom stereocenters. The molecule has 0 bridgehead atoms. The molecule has 0 aromatic carbocycles. The highest BCUT2D eigenvalue weighted by Crippen LogP contribution is 2.38. The summed E-state index contributed by atoms with van der Waals surface area (Å²) >= 11 is 0. The third-order valence-corrected chi connectivity index (χ3v) is 5.03. The second-order valence-electron chi connectivity index (χ2n) is 8.13. The summed E-state index contributed by atoms with van der Waals surface area (Å²) in [6, 6.07) is 1.63. The normalized spacial score (nSPS) is 36.2. The van der Waals surface area contributed by atoms with E-state index in [-0.39, 0.29) is 0 Å². The zero-order chi connectivity index (χ0) is 13.2. The van der Waals surface area contributed by atoms with Crippen LogP contribution in [0.1, 0.15) is 79.1 Å². The van der Waals surface area contributed by atoms with E-state index in [0.29, 0.717) is 5.41 Å². The van der Waals surface area contributed by atoms with Crippen molar-refractivity contribution in [2.24, 2.45) is 17.3 Å². The minimum atomic E-state index is 0.587. The lowest BCUT2D eigenvalue weighted by atomic mass is 9.81. The van der Waals surface area contributed by atoms with Crippen LogP contribution in [0.5, 0.6) is 0 Å². The average Bonchev–Trinajstić information content (AvgIpc) is 2.57. The van der Waals surface area contributed by atoms with E-state index in [0.717, 1.165) is 23.9 Å². The lowest BCUT2D eigenvalue weighted by Gasteiger charge is -2.33. The molecule has 2 saturated carbocycles. The molecule has 1 nitrogen and oxygen atoms in total. The molecule has 1 N–H and O–H groups in total. The summed E-state index contributed by atoms with van der Waals surface area (Å²) in [6.45, 7) is 9.60. The summed E-state index contributed by atoms with van der Waals surface area (Å²) in [7, 11) is 0. The highest BCUT2D eigenvalue weighted by Gasteiger charge is 2.33. The Bertz CT molecular complexity index is 256. The molecule has 2 aliphatic carbocycles. The maximum Gasteiger partial charge on any atom is 0.00749 e. The van der Waals surface area contributed by atoms with Crippen LogP contribution < -0.4 is 5.32 Å². The summed E-state index contributed by atoms with van der Waals surface area (Å²) in [6.07, 6.45) is 11.4. The Labute approximate surface area is 114 Å². The molecule has 0 spiro atoms. The zero-order valence-corrected chi connectivity index (χ0v) is 13.0. The number of nitrogens with one attached hydrogen (secondary N) is 1. The van der Waals surface area contributed by atoms with E-state index >= 15 is 0 Å². The van der Waals surface area contributed by atoms with Crippen molar-refractivity contribution in [2.75, 3.05) is 0 Å². The van der Waals surface area contributed by atoms with Crippen LogP contribution in [-0.2, 0) is 0 Å². The van der Waals surface area contributed by atoms with E-state index < -0.39 is 0 Å². The molecule has 0 heterocycles. The molecule has 0 amide bonds. The van der Waals surface area contributed by atoms with Crippen molar-refractivity contribution in [2.45, 2.75) is 91.1 Å². The molecule has 0 saturated heterocycles. The third-order valence-electron chi connectivity index (χ3n) is 5.03. The van der Waals surface area contributed by atoms with Crippen molar-refractivity contribution >= 4 is 0 Å². The quantitative estimate of drug-likeness (QED) is 0.759. The maximum absolute atomic E-state index is 3.98. The molecule has 106 valence electrons. The van der Waals surface area contributed by atoms with Crippen LogP contribution in [0.4, 0.5) is 0 Å². The molecule has 18 heavy (non-hydrogen) atoms. The summed E-state index contributed by atoms with van der Waals surface area (Å²) in [5.74, 6) is 1.87. The van der Waals surface area contributed by atoms with Crippen LogP contribution in [0.25, 0.3) is 0 Å². The summed E-state index contributed by atoms with van der Waals surface area (Å²) in [5.41, 5.74) is 0.587. The first-order valence-corrected chi connectivity index (χ1v) is 8.21. The van der Waals surface area contributed by atoms with Crippen LogP contribution in [0.2, 0.25) is 0 Å². The fourth-order valence-corrected chi connectivity index (χ4v) is 4.23. The number of hydrogen-bond acceptors (Lipinski definition) is 1. The number of rotatable bonds is 4. The third kappa shape index (κ3) is 4.26. The lowest BCUT2D eigenvalue weighted by Crippen LogP contribution is -2.40. The molecule has 0 aromatic rings. The zero-order valence-electron chi connectivity index (χ0n) is 13.0. The van der Waals surface area contributed by atoms with Crippen LogP contribution in [0, 0.1) is 17.3 Å². The first-order chi connectivity index (χ1) is 8.44. The summed E-state index contributed by atoms with van der Waals surface area (Å²) in [5, 5.41) is 3.98. The Morgan fingerprint density at radius 2 is 1.89 bits per heavy atom. The van der Waals surface area contributed by atoms with Crippen molar-refractivity contribution in [3.63, 3.8) is 0 Å². The fourth-order valence-electron chi connectivity index (χ4n) is 4.23. The summed E-state index contributed by atoms with van der Waals surface area (Å²) in [4.78, 5) is 0. The largest absolute Gasteiger partial charge is 0.311 e. The Morgan fingerprint density at radius 1 is 1.11 bits per heavy atom. The van der Waals surface area contributed by atoms with Crippen molar-refractivity contribution in [3.8, 4) is 0 Å². The standard InChI is InChI=1S/C17H33N/c1-13(2)10-14-6-5-7-15(11-14)18-16-8-9-17(3,4)12-16/h13-16,18H,5-12H2,1-4H3. The van der Waals surface area contributed by atoms with E-state index in [1.54, 1.807) is 0 Å². The van der Waals surface area contributed by atoms with Gasteiger partial charge < -0.3 is 5.32 Å². The monoisotopic (exact) mass is 251 g/mol. The molecule has 0 aliphatic heterocycles. The van der Waals surface area contributed by atoms with Gasteiger partial charge in [-0.25, -0.2) is 0 Å². The fraction of sp³-hybridized carbons (Fsp3) is 1.00. The maximum atomic E-state index is 3.98. The van der Waals surface area contributed by atoms with Gasteiger partial charge in [-0.05, 0) is 55.8 Å². The molecular weight excluding hydrogens is 218 g/mol. The van der Waals surface area contributed by atoms with Gasteiger partial charge >= 0.3 is 0 Å². The van der Waals surface area contributed by atoms with Gasteiger partial charge in [0.2, 0.25) is 0 Å². The van der Waals surface area contributed by atoms with Gasteiger partial charge in [0, 0.05) is 12.1 Å². The van der Waals surface area contributed by atoms with E-state index in [1.807, 2.05) is 0 Å². The van der Waals surface area contributed by atoms with Crippen molar-refractivity contribution < 1.29 is 0 Å². The highest BCUT2D eigenvalue weighted by atomic mass is 15.0. The Morgan fingerprint density at radius 3 is 2.50 bits per heavy atom. The van der Waals surface area contributed by atoms with Crippen molar-refractivity contribution in [1.29, 1.82) is 0 Å². The predicted octanol–water partition coefficient (Wildman–Crippen LogP) is 4.76. The van der Waals surface area contributed by atoms with Gasteiger partial charge in [0.15, 0.2) is 0 Å². The lowest BCUT2D eigenvalue weighted by molar-refractivity contribution is 0.236. The van der Waals surface area contributed by atoms with Gasteiger partial charge in [-0.15, -0.1) is 0 Å². The molecule has 0 aromatic heterocycles.